The van der Waals surface area contributed by atoms with Gasteiger partial charge in [-0.25, -0.2) is 14.4 Å². The summed E-state index contributed by atoms with van der Waals surface area (Å²) in [6, 6.07) is 11.8. The van der Waals surface area contributed by atoms with Gasteiger partial charge in [0.2, 0.25) is 0 Å². The van der Waals surface area contributed by atoms with Crippen LogP contribution in [0.25, 0.3) is 0 Å². The average molecular weight is 747 g/mol. The Balaban J connectivity index is 2.52. The highest BCUT2D eigenvalue weighted by Crippen LogP contribution is 2.47. The largest absolute Gasteiger partial charge is 0.514 e. The van der Waals surface area contributed by atoms with E-state index in [1.165, 1.54) is 0 Å². The molecule has 0 amide bonds. The predicted octanol–water partition coefficient (Wildman–Crippen LogP) is 12.4. The van der Waals surface area contributed by atoms with Gasteiger partial charge < -0.3 is 28.8 Å². The van der Waals surface area contributed by atoms with Gasteiger partial charge in [0.1, 0.15) is 28.5 Å². The van der Waals surface area contributed by atoms with E-state index in [9.17, 15) is 19.5 Å². The quantitative estimate of drug-likeness (QED) is 0.149. The van der Waals surface area contributed by atoms with Crippen LogP contribution in [0.5, 0.6) is 17.2 Å². The predicted molar refractivity (Wildman–Crippen MR) is 213 cm³/mol. The summed E-state index contributed by atoms with van der Waals surface area (Å²) in [4.78, 5) is 37.8. The number of ether oxygens (including phenoxy) is 5. The van der Waals surface area contributed by atoms with Crippen LogP contribution in [0.4, 0.5) is 14.4 Å². The molecule has 9 nitrogen and oxygen atoms in total. The van der Waals surface area contributed by atoms with Gasteiger partial charge in [0.05, 0.1) is 0 Å². The molecule has 0 saturated heterocycles. The van der Waals surface area contributed by atoms with Gasteiger partial charge in [-0.1, -0.05) is 80.5 Å². The van der Waals surface area contributed by atoms with Crippen molar-refractivity contribution in [2.45, 2.75) is 158 Å². The van der Waals surface area contributed by atoms with E-state index < -0.39 is 51.8 Å². The molecule has 0 heterocycles. The fourth-order valence-corrected chi connectivity index (χ4v) is 6.36. The van der Waals surface area contributed by atoms with Crippen molar-refractivity contribution >= 4 is 18.5 Å². The molecule has 0 radical (unpaired) electrons. The van der Waals surface area contributed by atoms with Gasteiger partial charge in [-0.3, -0.25) is 0 Å². The maximum Gasteiger partial charge on any atom is 0.514 e. The molecule has 9 heteroatoms. The second-order valence-corrected chi connectivity index (χ2v) is 19.3. The maximum absolute atomic E-state index is 13.0. The molecular formula is C45H62O9. The summed E-state index contributed by atoms with van der Waals surface area (Å²) in [5.41, 5.74) is 4.86. The Morgan fingerprint density at radius 3 is 0.944 bits per heavy atom. The monoisotopic (exact) mass is 746 g/mol. The number of rotatable bonds is 6. The fraction of sp³-hybridized carbons (Fsp3) is 0.533. The smallest absolute Gasteiger partial charge is 0.449 e. The fourth-order valence-electron chi connectivity index (χ4n) is 6.36. The van der Waals surface area contributed by atoms with Crippen molar-refractivity contribution in [3.63, 3.8) is 0 Å². The molecule has 54 heavy (non-hydrogen) atoms. The van der Waals surface area contributed by atoms with E-state index >= 15 is 0 Å². The van der Waals surface area contributed by atoms with Crippen LogP contribution in [-0.2, 0) is 25.7 Å². The Morgan fingerprint density at radius 2 is 0.722 bits per heavy atom. The van der Waals surface area contributed by atoms with Gasteiger partial charge in [-0.15, -0.1) is 0 Å². The summed E-state index contributed by atoms with van der Waals surface area (Å²) in [5, 5.41) is 9.66. The van der Waals surface area contributed by atoms with Crippen molar-refractivity contribution in [2.75, 3.05) is 0 Å². The minimum Gasteiger partial charge on any atom is -0.449 e. The molecule has 3 aromatic carbocycles. The topological polar surface area (TPSA) is 118 Å². The highest BCUT2D eigenvalue weighted by Gasteiger charge is 2.33. The molecule has 0 fully saturated rings. The van der Waals surface area contributed by atoms with Crippen LogP contribution in [0.1, 0.15) is 160 Å². The van der Waals surface area contributed by atoms with Crippen molar-refractivity contribution in [1.82, 2.24) is 0 Å². The number of hydrogen-bond donors (Lipinski definition) is 1. The number of benzene rings is 3. The zero-order valence-electron chi connectivity index (χ0n) is 35.8. The second kappa shape index (κ2) is 15.3. The third-order valence-corrected chi connectivity index (χ3v) is 8.82. The summed E-state index contributed by atoms with van der Waals surface area (Å²) in [7, 11) is 0. The standard InChI is InChI=1S/C45H62O9/c1-25-19-34(50-38(46)47)31(41(4,5)6)22-28(25)37(29-23-32(42(7,8)9)35(20-26(29)2)51-39(48)53-44(13,14)15)30-24-33(43(10,11)12)36(21-27(30)3)52-40(49)54-45(16,17)18/h19-24,37H,1-18H3,(H,46,47). The lowest BCUT2D eigenvalue weighted by Crippen LogP contribution is -2.27. The molecule has 0 atom stereocenters. The highest BCUT2D eigenvalue weighted by molar-refractivity contribution is 5.69. The molecule has 0 spiro atoms. The van der Waals surface area contributed by atoms with E-state index in [0.717, 1.165) is 50.1 Å². The van der Waals surface area contributed by atoms with Crippen molar-refractivity contribution < 1.29 is 43.2 Å². The molecule has 0 bridgehead atoms. The Bertz CT molecular complexity index is 1800. The summed E-state index contributed by atoms with van der Waals surface area (Å²) >= 11 is 0. The minimum atomic E-state index is -1.39. The van der Waals surface area contributed by atoms with Crippen LogP contribution in [-0.4, -0.2) is 34.8 Å². The number of hydrogen-bond acceptors (Lipinski definition) is 8. The van der Waals surface area contributed by atoms with Crippen molar-refractivity contribution in [1.29, 1.82) is 0 Å². The molecule has 0 aliphatic carbocycles. The van der Waals surface area contributed by atoms with E-state index in [0.29, 0.717) is 11.5 Å². The Morgan fingerprint density at radius 1 is 0.463 bits per heavy atom. The molecule has 1 N–H and O–H groups in total. The molecule has 0 aliphatic rings. The van der Waals surface area contributed by atoms with Gasteiger partial charge in [0.15, 0.2) is 0 Å². The molecule has 296 valence electrons. The van der Waals surface area contributed by atoms with E-state index in [2.05, 4.69) is 53.7 Å². The average Bonchev–Trinajstić information content (AvgIpc) is 2.91. The molecule has 0 unspecified atom stereocenters. The lowest BCUT2D eigenvalue weighted by molar-refractivity contribution is 0.0189. The van der Waals surface area contributed by atoms with Crippen LogP contribution in [0, 0.1) is 20.8 Å². The van der Waals surface area contributed by atoms with Gasteiger partial charge >= 0.3 is 18.5 Å². The van der Waals surface area contributed by atoms with Crippen LogP contribution in [0.2, 0.25) is 0 Å². The van der Waals surface area contributed by atoms with E-state index in [1.54, 1.807) is 47.6 Å². The summed E-state index contributed by atoms with van der Waals surface area (Å²) in [5.74, 6) is 0.680. The highest BCUT2D eigenvalue weighted by atomic mass is 16.7. The third kappa shape index (κ3) is 11.2. The Labute approximate surface area is 322 Å². The second-order valence-electron chi connectivity index (χ2n) is 19.3. The van der Waals surface area contributed by atoms with Crippen LogP contribution < -0.4 is 14.2 Å². The number of carbonyl (C=O) groups is 3. The van der Waals surface area contributed by atoms with Crippen molar-refractivity contribution in [2.24, 2.45) is 0 Å². The Kier molecular flexibility index (Phi) is 12.4. The number of carbonyl (C=O) groups excluding carboxylic acids is 2. The normalized spacial score (nSPS) is 12.7. The lowest BCUT2D eigenvalue weighted by Gasteiger charge is -2.32. The van der Waals surface area contributed by atoms with E-state index in [4.69, 9.17) is 23.7 Å². The molecule has 3 aromatic rings. The Hall–Kier alpha value is -4.53. The first-order valence-corrected chi connectivity index (χ1v) is 18.5. The van der Waals surface area contributed by atoms with Gasteiger partial charge in [-0.2, -0.15) is 0 Å². The lowest BCUT2D eigenvalue weighted by atomic mass is 9.73. The SMILES string of the molecule is Cc1cc(OC(=O)O)c(C(C)(C)C)cc1C(c1cc(C(C)(C)C)c(OC(=O)OC(C)(C)C)cc1C)c1cc(C(C)(C)C)c(OC(=O)OC(C)(C)C)cc1C. The molecule has 0 aliphatic heterocycles. The molecular weight excluding hydrogens is 684 g/mol. The van der Waals surface area contributed by atoms with E-state index in [-0.39, 0.29) is 5.75 Å². The number of carboxylic acid groups (broad SMARTS) is 1. The third-order valence-electron chi connectivity index (χ3n) is 8.82. The van der Waals surface area contributed by atoms with Gasteiger partial charge in [-0.05, 0) is 130 Å². The summed E-state index contributed by atoms with van der Waals surface area (Å²) < 4.78 is 28.2. The molecule has 3 rings (SSSR count). The van der Waals surface area contributed by atoms with Crippen LogP contribution >= 0.6 is 0 Å². The van der Waals surface area contributed by atoms with Crippen molar-refractivity contribution in [3.8, 4) is 17.2 Å². The van der Waals surface area contributed by atoms with Crippen LogP contribution in [0.3, 0.4) is 0 Å². The first-order chi connectivity index (χ1) is 24.3. The molecule has 0 aromatic heterocycles. The maximum atomic E-state index is 13.0. The summed E-state index contributed by atoms with van der Waals surface area (Å²) in [6.07, 6.45) is -2.97. The zero-order valence-corrected chi connectivity index (χ0v) is 35.8. The minimum absolute atomic E-state index is 0.274. The van der Waals surface area contributed by atoms with Crippen LogP contribution in [0.15, 0.2) is 36.4 Å². The van der Waals surface area contributed by atoms with Gasteiger partial charge in [0.25, 0.3) is 0 Å². The molecule has 0 saturated carbocycles. The zero-order chi connectivity index (χ0) is 41.5. The van der Waals surface area contributed by atoms with Crippen molar-refractivity contribution in [3.05, 3.63) is 86.5 Å². The first kappa shape index (κ1) is 43.9. The first-order valence-electron chi connectivity index (χ1n) is 18.5. The summed E-state index contributed by atoms with van der Waals surface area (Å²) in [6.45, 7) is 35.1. The van der Waals surface area contributed by atoms with Gasteiger partial charge in [0, 0.05) is 22.6 Å². The van der Waals surface area contributed by atoms with E-state index in [1.807, 2.05) is 59.7 Å². The number of aryl methyl sites for hydroxylation is 3.